The largest absolute Gasteiger partial charge is 0.480 e. The van der Waals surface area contributed by atoms with Crippen LogP contribution in [0.1, 0.15) is 33.4 Å². The fourth-order valence-corrected chi connectivity index (χ4v) is 5.68. The number of carboxylic acid groups (broad SMARTS) is 1. The van der Waals surface area contributed by atoms with Gasteiger partial charge < -0.3 is 10.0 Å². The molecule has 1 amide bonds. The second kappa shape index (κ2) is 5.77. The zero-order chi connectivity index (χ0) is 19.4. The number of β-lactam (4-membered cyclic amide) rings is 1. The van der Waals surface area contributed by atoms with Gasteiger partial charge in [0.2, 0.25) is 0 Å². The number of allylic oxidation sites excluding steroid dienone is 3. The van der Waals surface area contributed by atoms with Crippen molar-refractivity contribution in [1.82, 2.24) is 9.88 Å². The average Bonchev–Trinajstić information content (AvgIpc) is 2.69. The van der Waals surface area contributed by atoms with Gasteiger partial charge in [-0.1, -0.05) is 17.7 Å². The van der Waals surface area contributed by atoms with Crippen molar-refractivity contribution in [3.05, 3.63) is 47.3 Å². The highest BCUT2D eigenvalue weighted by Gasteiger charge is 2.70. The lowest BCUT2D eigenvalue weighted by molar-refractivity contribution is -0.152. The Bertz CT molecular complexity index is 957. The van der Waals surface area contributed by atoms with Crippen LogP contribution in [0.3, 0.4) is 0 Å². The molecule has 0 bridgehead atoms. The minimum atomic E-state index is -3.92. The Kier molecular flexibility index (Phi) is 4.06. The van der Waals surface area contributed by atoms with Gasteiger partial charge in [0.1, 0.15) is 4.75 Å². The van der Waals surface area contributed by atoms with Crippen molar-refractivity contribution in [2.45, 2.75) is 43.9 Å². The predicted octanol–water partition coefficient (Wildman–Crippen LogP) is 1.63. The van der Waals surface area contributed by atoms with E-state index in [2.05, 4.69) is 4.98 Å². The van der Waals surface area contributed by atoms with Crippen LogP contribution in [0.15, 0.2) is 41.6 Å². The molecule has 26 heavy (non-hydrogen) atoms. The Morgan fingerprint density at radius 3 is 2.46 bits per heavy atom. The van der Waals surface area contributed by atoms with Crippen molar-refractivity contribution >= 4 is 27.3 Å². The number of aliphatic carboxylic acids is 1. The Morgan fingerprint density at radius 1 is 1.31 bits per heavy atom. The molecule has 2 aliphatic heterocycles. The number of pyridine rings is 1. The molecule has 0 saturated carbocycles. The number of carboxylic acids is 1. The summed E-state index contributed by atoms with van der Waals surface area (Å²) in [5.74, 6) is -1.90. The van der Waals surface area contributed by atoms with Gasteiger partial charge in [-0.25, -0.2) is 13.2 Å². The van der Waals surface area contributed by atoms with Crippen LogP contribution in [0, 0.1) is 0 Å². The number of carbonyl (C=O) groups excluding carboxylic acids is 1. The van der Waals surface area contributed by atoms with Crippen LogP contribution in [-0.4, -0.2) is 51.4 Å². The highest BCUT2D eigenvalue weighted by molar-refractivity contribution is 7.94. The number of sulfone groups is 1. The molecule has 0 spiro atoms. The van der Waals surface area contributed by atoms with Crippen molar-refractivity contribution in [3.63, 3.8) is 0 Å². The van der Waals surface area contributed by atoms with Gasteiger partial charge in [-0.2, -0.15) is 0 Å². The molecule has 0 radical (unpaired) electrons. The normalized spacial score (nSPS) is 27.4. The third-order valence-corrected chi connectivity index (χ3v) is 7.57. The Balaban J connectivity index is 2.27. The second-order valence-corrected chi connectivity index (χ2v) is 9.81. The summed E-state index contributed by atoms with van der Waals surface area (Å²) < 4.78 is 24.5. The van der Waals surface area contributed by atoms with Crippen molar-refractivity contribution < 1.29 is 23.1 Å². The van der Waals surface area contributed by atoms with Crippen LogP contribution in [0.4, 0.5) is 0 Å². The van der Waals surface area contributed by atoms with Crippen molar-refractivity contribution in [3.8, 4) is 0 Å². The van der Waals surface area contributed by atoms with Crippen LogP contribution in [0.25, 0.3) is 5.57 Å². The molecule has 1 aromatic heterocycles. The maximum atomic E-state index is 13.0. The van der Waals surface area contributed by atoms with Crippen molar-refractivity contribution in [1.29, 1.82) is 0 Å². The first-order valence-corrected chi connectivity index (χ1v) is 9.66. The third-order valence-electron chi connectivity index (χ3n) is 4.83. The quantitative estimate of drug-likeness (QED) is 0.635. The van der Waals surface area contributed by atoms with E-state index in [0.29, 0.717) is 11.3 Å². The van der Waals surface area contributed by atoms with E-state index in [-0.39, 0.29) is 5.57 Å². The molecule has 8 heteroatoms. The monoisotopic (exact) mass is 376 g/mol. The average molecular weight is 376 g/mol. The SMILES string of the molecule is CC(C)=CC(=C1C(=O)N2[C@@H](C(=O)O)C(C)(C)S(=O)(=O)[C@H]12)c1ccccn1. The van der Waals surface area contributed by atoms with E-state index >= 15 is 0 Å². The summed E-state index contributed by atoms with van der Waals surface area (Å²) in [7, 11) is -3.92. The van der Waals surface area contributed by atoms with Gasteiger partial charge in [-0.15, -0.1) is 0 Å². The van der Waals surface area contributed by atoms with Gasteiger partial charge in [0.15, 0.2) is 21.3 Å². The van der Waals surface area contributed by atoms with Gasteiger partial charge in [-0.3, -0.25) is 9.78 Å². The highest BCUT2D eigenvalue weighted by Crippen LogP contribution is 2.50. The summed E-state index contributed by atoms with van der Waals surface area (Å²) >= 11 is 0. The number of hydrogen-bond acceptors (Lipinski definition) is 5. The number of nitrogens with zero attached hydrogens (tertiary/aromatic N) is 2. The lowest BCUT2D eigenvalue weighted by Crippen LogP contribution is -2.59. The predicted molar refractivity (Wildman–Crippen MR) is 95.6 cm³/mol. The first-order chi connectivity index (χ1) is 12.0. The van der Waals surface area contributed by atoms with E-state index in [1.165, 1.54) is 13.8 Å². The summed E-state index contributed by atoms with van der Waals surface area (Å²) in [5, 5.41) is 8.24. The van der Waals surface area contributed by atoms with Gasteiger partial charge >= 0.3 is 5.97 Å². The van der Waals surface area contributed by atoms with E-state index in [1.807, 2.05) is 13.8 Å². The molecule has 0 aromatic carbocycles. The smallest absolute Gasteiger partial charge is 0.328 e. The molecule has 2 atom stereocenters. The number of rotatable bonds is 3. The maximum Gasteiger partial charge on any atom is 0.328 e. The van der Waals surface area contributed by atoms with Crippen LogP contribution in [0.5, 0.6) is 0 Å². The molecule has 2 aliphatic rings. The van der Waals surface area contributed by atoms with E-state index in [4.69, 9.17) is 0 Å². The zero-order valence-electron chi connectivity index (χ0n) is 14.9. The summed E-state index contributed by atoms with van der Waals surface area (Å²) in [5.41, 5.74) is 1.85. The van der Waals surface area contributed by atoms with Gasteiger partial charge in [0.25, 0.3) is 5.91 Å². The Labute approximate surface area is 152 Å². The zero-order valence-corrected chi connectivity index (χ0v) is 15.7. The minimum absolute atomic E-state index is 0.0849. The highest BCUT2D eigenvalue weighted by atomic mass is 32.2. The molecule has 1 N–H and O–H groups in total. The summed E-state index contributed by atoms with van der Waals surface area (Å²) in [6.45, 7) is 6.37. The number of aromatic nitrogens is 1. The molecule has 0 unspecified atom stereocenters. The Morgan fingerprint density at radius 2 is 1.96 bits per heavy atom. The van der Waals surface area contributed by atoms with Gasteiger partial charge in [0, 0.05) is 11.8 Å². The molecule has 138 valence electrons. The van der Waals surface area contributed by atoms with E-state index in [9.17, 15) is 23.1 Å². The Hall–Kier alpha value is -2.48. The summed E-state index contributed by atoms with van der Waals surface area (Å²) in [6, 6.07) is 3.75. The molecule has 3 rings (SSSR count). The fourth-order valence-electron chi connectivity index (χ4n) is 3.52. The first kappa shape index (κ1) is 18.3. The number of hydrogen-bond donors (Lipinski definition) is 1. The third kappa shape index (κ3) is 2.32. The molecular weight excluding hydrogens is 356 g/mol. The van der Waals surface area contributed by atoms with Crippen LogP contribution in [-0.2, 0) is 19.4 Å². The molecule has 7 nitrogen and oxygen atoms in total. The van der Waals surface area contributed by atoms with Crippen molar-refractivity contribution in [2.24, 2.45) is 0 Å². The number of fused-ring (bicyclic) bond motifs is 1. The molecule has 1 aromatic rings. The molecular formula is C18H20N2O5S. The first-order valence-electron chi connectivity index (χ1n) is 8.11. The van der Waals surface area contributed by atoms with Crippen LogP contribution < -0.4 is 0 Å². The minimum Gasteiger partial charge on any atom is -0.480 e. The lowest BCUT2D eigenvalue weighted by atomic mass is 9.91. The van der Waals surface area contributed by atoms with E-state index < -0.39 is 37.9 Å². The summed E-state index contributed by atoms with van der Waals surface area (Å²) in [4.78, 5) is 29.7. The topological polar surface area (TPSA) is 105 Å². The molecule has 0 aliphatic carbocycles. The number of carbonyl (C=O) groups is 2. The molecule has 2 saturated heterocycles. The lowest BCUT2D eigenvalue weighted by Gasteiger charge is -2.39. The fraction of sp³-hybridized carbons (Fsp3) is 0.389. The number of amides is 1. The second-order valence-electron chi connectivity index (χ2n) is 7.22. The van der Waals surface area contributed by atoms with E-state index in [1.54, 1.807) is 30.5 Å². The maximum absolute atomic E-state index is 13.0. The van der Waals surface area contributed by atoms with Gasteiger partial charge in [0.05, 0.1) is 11.3 Å². The summed E-state index contributed by atoms with van der Waals surface area (Å²) in [6.07, 6.45) is 3.27. The molecule has 3 heterocycles. The standard InChI is InChI=1S/C18H20N2O5S/c1-10(2)9-11(12-7-5-6-8-19-12)13-15(21)20-14(17(22)23)18(3,4)26(24,25)16(13)20/h5-9,14,16H,1-4H3,(H,22,23)/t14-,16+/m0/s1. The van der Waals surface area contributed by atoms with Crippen molar-refractivity contribution in [2.75, 3.05) is 0 Å². The molecule has 2 fully saturated rings. The van der Waals surface area contributed by atoms with E-state index in [0.717, 1.165) is 10.5 Å². The van der Waals surface area contributed by atoms with Crippen LogP contribution >= 0.6 is 0 Å². The van der Waals surface area contributed by atoms with Gasteiger partial charge in [-0.05, 0) is 39.8 Å². The van der Waals surface area contributed by atoms with Crippen LogP contribution in [0.2, 0.25) is 0 Å².